The zero-order valence-electron chi connectivity index (χ0n) is 9.79. The van der Waals surface area contributed by atoms with Crippen LogP contribution in [0.25, 0.3) is 0 Å². The molecular weight excluding hydrogens is 194 g/mol. The van der Waals surface area contributed by atoms with Crippen LogP contribution in [0.4, 0.5) is 0 Å². The van der Waals surface area contributed by atoms with Gasteiger partial charge in [0.05, 0.1) is 12.7 Å². The number of hydrogen-bond acceptors (Lipinski definition) is 3. The van der Waals surface area contributed by atoms with Crippen LogP contribution in [0.15, 0.2) is 0 Å². The summed E-state index contributed by atoms with van der Waals surface area (Å²) in [5.74, 6) is -0.0544. The number of rotatable bonds is 9. The third kappa shape index (κ3) is 9.69. The fourth-order valence-corrected chi connectivity index (χ4v) is 1.17. The van der Waals surface area contributed by atoms with Gasteiger partial charge in [-0.05, 0) is 12.8 Å². The first-order valence-electron chi connectivity index (χ1n) is 5.73. The van der Waals surface area contributed by atoms with Crippen molar-refractivity contribution in [2.24, 2.45) is 0 Å². The van der Waals surface area contributed by atoms with Gasteiger partial charge in [-0.25, -0.2) is 0 Å². The Bertz CT molecular complexity index is 162. The van der Waals surface area contributed by atoms with Crippen molar-refractivity contribution in [3.8, 4) is 0 Å². The molecule has 0 aliphatic rings. The molecule has 0 aromatic rings. The van der Waals surface area contributed by atoms with Gasteiger partial charge in [-0.1, -0.05) is 20.3 Å². The fourth-order valence-electron chi connectivity index (χ4n) is 1.17. The first-order valence-corrected chi connectivity index (χ1v) is 5.73. The van der Waals surface area contributed by atoms with Crippen LogP contribution in [-0.2, 0) is 9.53 Å². The highest BCUT2D eigenvalue weighted by atomic mass is 16.5. The molecule has 2 N–H and O–H groups in total. The van der Waals surface area contributed by atoms with Gasteiger partial charge in [-0.15, -0.1) is 0 Å². The van der Waals surface area contributed by atoms with Gasteiger partial charge in [0.2, 0.25) is 5.91 Å². The summed E-state index contributed by atoms with van der Waals surface area (Å²) in [6.45, 7) is 5.54. The van der Waals surface area contributed by atoms with Crippen LogP contribution in [0.2, 0.25) is 0 Å². The average molecular weight is 217 g/mol. The van der Waals surface area contributed by atoms with Gasteiger partial charge in [0, 0.05) is 19.6 Å². The summed E-state index contributed by atoms with van der Waals surface area (Å²) in [6, 6.07) is 0. The van der Waals surface area contributed by atoms with Crippen LogP contribution in [0.3, 0.4) is 0 Å². The van der Waals surface area contributed by atoms with Crippen LogP contribution in [0, 0.1) is 0 Å². The lowest BCUT2D eigenvalue weighted by Gasteiger charge is -2.10. The summed E-state index contributed by atoms with van der Waals surface area (Å²) in [4.78, 5) is 11.2. The Balaban J connectivity index is 3.32. The Morgan fingerprint density at radius 1 is 1.33 bits per heavy atom. The molecule has 15 heavy (non-hydrogen) atoms. The fraction of sp³-hybridized carbons (Fsp3) is 0.909. The Hall–Kier alpha value is -0.610. The van der Waals surface area contributed by atoms with E-state index in [-0.39, 0.29) is 5.91 Å². The molecule has 0 aliphatic heterocycles. The summed E-state index contributed by atoms with van der Waals surface area (Å²) < 4.78 is 5.18. The zero-order chi connectivity index (χ0) is 11.5. The summed E-state index contributed by atoms with van der Waals surface area (Å²) in [6.07, 6.45) is 2.58. The molecule has 4 heteroatoms. The Morgan fingerprint density at radius 3 is 2.67 bits per heavy atom. The molecule has 0 rings (SSSR count). The third-order valence-electron chi connectivity index (χ3n) is 1.98. The number of aliphatic hydroxyl groups excluding tert-OH is 1. The topological polar surface area (TPSA) is 58.6 Å². The molecule has 0 aromatic heterocycles. The molecule has 90 valence electrons. The second-order valence-electron chi connectivity index (χ2n) is 3.61. The van der Waals surface area contributed by atoms with E-state index in [2.05, 4.69) is 5.32 Å². The maximum Gasteiger partial charge on any atom is 0.222 e. The molecule has 1 amide bonds. The monoisotopic (exact) mass is 217 g/mol. The molecule has 1 unspecified atom stereocenters. The van der Waals surface area contributed by atoms with E-state index < -0.39 is 6.10 Å². The first-order chi connectivity index (χ1) is 7.20. The first kappa shape index (κ1) is 14.4. The quantitative estimate of drug-likeness (QED) is 0.568. The number of nitrogens with one attached hydrogen (secondary N) is 1. The highest BCUT2D eigenvalue weighted by Gasteiger charge is 2.05. The number of carbonyl (C=O) groups is 1. The lowest BCUT2D eigenvalue weighted by molar-refractivity contribution is -0.122. The van der Waals surface area contributed by atoms with Gasteiger partial charge in [-0.3, -0.25) is 4.79 Å². The van der Waals surface area contributed by atoms with E-state index >= 15 is 0 Å². The smallest absolute Gasteiger partial charge is 0.222 e. The van der Waals surface area contributed by atoms with E-state index in [1.54, 1.807) is 0 Å². The van der Waals surface area contributed by atoms with Crippen molar-refractivity contribution in [3.63, 3.8) is 0 Å². The van der Waals surface area contributed by atoms with Gasteiger partial charge in [0.1, 0.15) is 0 Å². The van der Waals surface area contributed by atoms with Gasteiger partial charge in [-0.2, -0.15) is 0 Å². The van der Waals surface area contributed by atoms with Crippen molar-refractivity contribution in [1.29, 1.82) is 0 Å². The molecule has 0 saturated carbocycles. The van der Waals surface area contributed by atoms with Gasteiger partial charge >= 0.3 is 0 Å². The normalized spacial score (nSPS) is 12.5. The van der Waals surface area contributed by atoms with E-state index in [1.165, 1.54) is 0 Å². The van der Waals surface area contributed by atoms with Crippen molar-refractivity contribution in [3.05, 3.63) is 0 Å². The minimum absolute atomic E-state index is 0.0544. The number of amides is 1. The van der Waals surface area contributed by atoms with Gasteiger partial charge < -0.3 is 15.2 Å². The lowest BCUT2D eigenvalue weighted by Crippen LogP contribution is -2.32. The summed E-state index contributed by atoms with van der Waals surface area (Å²) in [5.41, 5.74) is 0. The number of carbonyl (C=O) groups excluding carboxylic acids is 1. The van der Waals surface area contributed by atoms with E-state index in [0.717, 1.165) is 19.3 Å². The van der Waals surface area contributed by atoms with Gasteiger partial charge in [0.15, 0.2) is 0 Å². The summed E-state index contributed by atoms with van der Waals surface area (Å²) >= 11 is 0. The Labute approximate surface area is 92.0 Å². The SMILES string of the molecule is CCCOCCC(=O)NCC(O)CCC. The van der Waals surface area contributed by atoms with Crippen LogP contribution >= 0.6 is 0 Å². The largest absolute Gasteiger partial charge is 0.391 e. The van der Waals surface area contributed by atoms with Crippen LogP contribution < -0.4 is 5.32 Å². The van der Waals surface area contributed by atoms with Crippen molar-refractivity contribution >= 4 is 5.91 Å². The number of hydrogen-bond donors (Lipinski definition) is 2. The highest BCUT2D eigenvalue weighted by Crippen LogP contribution is 1.94. The predicted octanol–water partition coefficient (Wildman–Crippen LogP) is 1.08. The molecule has 0 radical (unpaired) electrons. The second kappa shape index (κ2) is 9.93. The van der Waals surface area contributed by atoms with E-state index in [1.807, 2.05) is 13.8 Å². The minimum Gasteiger partial charge on any atom is -0.391 e. The second-order valence-corrected chi connectivity index (χ2v) is 3.61. The maximum absolute atomic E-state index is 11.2. The average Bonchev–Trinajstić information content (AvgIpc) is 2.22. The van der Waals surface area contributed by atoms with Crippen LogP contribution in [0.5, 0.6) is 0 Å². The number of ether oxygens (including phenoxy) is 1. The van der Waals surface area contributed by atoms with Gasteiger partial charge in [0.25, 0.3) is 0 Å². The molecule has 1 atom stereocenters. The van der Waals surface area contributed by atoms with E-state index in [9.17, 15) is 9.90 Å². The summed E-state index contributed by atoms with van der Waals surface area (Å²) in [5, 5.41) is 12.0. The molecule has 0 aromatic carbocycles. The number of aliphatic hydroxyl groups is 1. The Morgan fingerprint density at radius 2 is 2.07 bits per heavy atom. The van der Waals surface area contributed by atoms with Crippen LogP contribution in [-0.4, -0.2) is 36.9 Å². The molecule has 0 spiro atoms. The highest BCUT2D eigenvalue weighted by molar-refractivity contribution is 5.75. The van der Waals surface area contributed by atoms with Crippen molar-refractivity contribution in [2.45, 2.75) is 45.6 Å². The molecule has 0 bridgehead atoms. The molecule has 0 aliphatic carbocycles. The standard InChI is InChI=1S/C11H23NO3/c1-3-5-10(13)9-12-11(14)6-8-15-7-4-2/h10,13H,3-9H2,1-2H3,(H,12,14). The third-order valence-corrected chi connectivity index (χ3v) is 1.98. The van der Waals surface area contributed by atoms with E-state index in [0.29, 0.717) is 26.2 Å². The molecule has 0 saturated heterocycles. The zero-order valence-corrected chi connectivity index (χ0v) is 9.79. The predicted molar refractivity (Wildman–Crippen MR) is 59.7 cm³/mol. The molecular formula is C11H23NO3. The molecule has 4 nitrogen and oxygen atoms in total. The van der Waals surface area contributed by atoms with E-state index in [4.69, 9.17) is 4.74 Å². The van der Waals surface area contributed by atoms with Crippen molar-refractivity contribution < 1.29 is 14.6 Å². The van der Waals surface area contributed by atoms with Crippen molar-refractivity contribution in [2.75, 3.05) is 19.8 Å². The summed E-state index contributed by atoms with van der Waals surface area (Å²) in [7, 11) is 0. The van der Waals surface area contributed by atoms with Crippen molar-refractivity contribution in [1.82, 2.24) is 5.32 Å². The maximum atomic E-state index is 11.2. The molecule has 0 heterocycles. The Kier molecular flexibility index (Phi) is 9.52. The minimum atomic E-state index is -0.421. The van der Waals surface area contributed by atoms with Crippen LogP contribution in [0.1, 0.15) is 39.5 Å². The lowest BCUT2D eigenvalue weighted by atomic mass is 10.2. The molecule has 0 fully saturated rings.